The Kier molecular flexibility index (Phi) is 4.70. The average Bonchev–Trinajstić information content (AvgIpc) is 2.44. The number of hydrogen-bond donors (Lipinski definition) is 1. The van der Waals surface area contributed by atoms with E-state index in [9.17, 15) is 0 Å². The molecule has 0 aliphatic carbocycles. The third-order valence-electron chi connectivity index (χ3n) is 4.32. The van der Waals surface area contributed by atoms with E-state index >= 15 is 0 Å². The van der Waals surface area contributed by atoms with Crippen molar-refractivity contribution >= 4 is 17.3 Å². The molecule has 0 aromatic heterocycles. The Labute approximate surface area is 138 Å². The zero-order valence-electron chi connectivity index (χ0n) is 13.3. The van der Waals surface area contributed by atoms with Gasteiger partial charge in [0.05, 0.1) is 0 Å². The highest BCUT2D eigenvalue weighted by molar-refractivity contribution is 6.30. The molecular weight excluding hydrogens is 292 g/mol. The van der Waals surface area contributed by atoms with Crippen molar-refractivity contribution in [3.05, 3.63) is 64.2 Å². The van der Waals surface area contributed by atoms with Crippen molar-refractivity contribution in [3.63, 3.8) is 0 Å². The van der Waals surface area contributed by atoms with Crippen LogP contribution in [0.15, 0.2) is 42.5 Å². The Hall–Kier alpha value is -1.51. The van der Waals surface area contributed by atoms with Crippen molar-refractivity contribution in [2.45, 2.75) is 20.4 Å². The summed E-state index contributed by atoms with van der Waals surface area (Å²) in [5, 5.41) is 4.17. The fourth-order valence-electron chi connectivity index (χ4n) is 3.01. The maximum absolute atomic E-state index is 6.00. The van der Waals surface area contributed by atoms with E-state index in [0.717, 1.165) is 37.1 Å². The number of nitrogens with zero attached hydrogens (tertiary/aromatic N) is 1. The van der Waals surface area contributed by atoms with E-state index in [-0.39, 0.29) is 0 Å². The van der Waals surface area contributed by atoms with E-state index in [1.807, 2.05) is 12.1 Å². The van der Waals surface area contributed by atoms with Gasteiger partial charge in [-0.1, -0.05) is 41.4 Å². The van der Waals surface area contributed by atoms with Gasteiger partial charge in [-0.3, -0.25) is 0 Å². The van der Waals surface area contributed by atoms with Crippen molar-refractivity contribution in [1.82, 2.24) is 5.32 Å². The number of rotatable bonds is 5. The van der Waals surface area contributed by atoms with Gasteiger partial charge in [-0.25, -0.2) is 0 Å². The van der Waals surface area contributed by atoms with Crippen LogP contribution in [-0.4, -0.2) is 19.6 Å². The predicted molar refractivity (Wildman–Crippen MR) is 94.8 cm³/mol. The largest absolute Gasteiger partial charge is 0.367 e. The Morgan fingerprint density at radius 3 is 2.41 bits per heavy atom. The van der Waals surface area contributed by atoms with E-state index in [1.165, 1.54) is 22.4 Å². The van der Waals surface area contributed by atoms with E-state index in [0.29, 0.717) is 0 Å². The van der Waals surface area contributed by atoms with E-state index in [2.05, 4.69) is 54.4 Å². The van der Waals surface area contributed by atoms with Gasteiger partial charge in [0.15, 0.2) is 0 Å². The molecule has 0 spiro atoms. The second-order valence-electron chi connectivity index (χ2n) is 6.32. The Morgan fingerprint density at radius 1 is 1.09 bits per heavy atom. The molecule has 3 heteroatoms. The second-order valence-corrected chi connectivity index (χ2v) is 6.76. The molecule has 0 atom stereocenters. The summed E-state index contributed by atoms with van der Waals surface area (Å²) in [5.41, 5.74) is 5.31. The quantitative estimate of drug-likeness (QED) is 0.890. The Balaban J connectivity index is 1.83. The van der Waals surface area contributed by atoms with Crippen molar-refractivity contribution < 1.29 is 0 Å². The van der Waals surface area contributed by atoms with Crippen LogP contribution in [0.2, 0.25) is 5.02 Å². The van der Waals surface area contributed by atoms with Crippen LogP contribution >= 0.6 is 11.6 Å². The fourth-order valence-corrected chi connectivity index (χ4v) is 3.13. The van der Waals surface area contributed by atoms with Crippen molar-refractivity contribution in [2.24, 2.45) is 5.92 Å². The van der Waals surface area contributed by atoms with Crippen LogP contribution in [0.5, 0.6) is 0 Å². The third kappa shape index (κ3) is 3.63. The molecule has 1 aliphatic heterocycles. The summed E-state index contributed by atoms with van der Waals surface area (Å²) >= 11 is 6.00. The summed E-state index contributed by atoms with van der Waals surface area (Å²) < 4.78 is 0. The Bertz CT molecular complexity index is 632. The highest BCUT2D eigenvalue weighted by Gasteiger charge is 2.21. The monoisotopic (exact) mass is 314 g/mol. The first-order chi connectivity index (χ1) is 10.6. The van der Waals surface area contributed by atoms with Crippen LogP contribution in [0.1, 0.15) is 16.7 Å². The first-order valence-electron chi connectivity index (χ1n) is 7.89. The van der Waals surface area contributed by atoms with Crippen LogP contribution in [0.25, 0.3) is 0 Å². The van der Waals surface area contributed by atoms with Crippen LogP contribution in [-0.2, 0) is 6.54 Å². The fraction of sp³-hybridized carbons (Fsp3) is 0.368. The third-order valence-corrected chi connectivity index (χ3v) is 4.58. The summed E-state index contributed by atoms with van der Waals surface area (Å²) in [6, 6.07) is 14.9. The van der Waals surface area contributed by atoms with Gasteiger partial charge in [-0.05, 0) is 43.2 Å². The van der Waals surface area contributed by atoms with E-state index < -0.39 is 0 Å². The normalized spacial score (nSPS) is 14.7. The number of benzene rings is 2. The van der Waals surface area contributed by atoms with Gasteiger partial charge < -0.3 is 10.2 Å². The van der Waals surface area contributed by atoms with Crippen LogP contribution < -0.4 is 10.2 Å². The minimum atomic E-state index is 0.744. The highest BCUT2D eigenvalue weighted by atomic mass is 35.5. The lowest BCUT2D eigenvalue weighted by atomic mass is 10.0. The highest BCUT2D eigenvalue weighted by Crippen LogP contribution is 2.25. The molecule has 2 aromatic rings. The van der Waals surface area contributed by atoms with Gasteiger partial charge >= 0.3 is 0 Å². The zero-order valence-corrected chi connectivity index (χ0v) is 14.0. The molecule has 1 saturated heterocycles. The topological polar surface area (TPSA) is 15.3 Å². The molecule has 0 radical (unpaired) electrons. The number of hydrogen-bond acceptors (Lipinski definition) is 2. The Morgan fingerprint density at radius 2 is 1.82 bits per heavy atom. The lowest BCUT2D eigenvalue weighted by Crippen LogP contribution is -2.48. The molecule has 1 N–H and O–H groups in total. The summed E-state index contributed by atoms with van der Waals surface area (Å²) in [7, 11) is 0. The second kappa shape index (κ2) is 6.72. The van der Waals surface area contributed by atoms with E-state index in [4.69, 9.17) is 11.6 Å². The van der Waals surface area contributed by atoms with Gasteiger partial charge in [-0.2, -0.15) is 0 Å². The van der Waals surface area contributed by atoms with Gasteiger partial charge in [-0.15, -0.1) is 0 Å². The molecule has 0 bridgehead atoms. The molecule has 0 saturated carbocycles. The molecule has 0 unspecified atom stereocenters. The van der Waals surface area contributed by atoms with Crippen LogP contribution in [0.4, 0.5) is 5.69 Å². The lowest BCUT2D eigenvalue weighted by molar-refractivity contribution is 0.348. The molecule has 2 aromatic carbocycles. The minimum Gasteiger partial charge on any atom is -0.367 e. The number of aryl methyl sites for hydroxylation is 2. The van der Waals surface area contributed by atoms with Crippen LogP contribution in [0, 0.1) is 19.8 Å². The SMILES string of the molecule is Cc1ccc(N(Cc2ccc(Cl)cc2)CC2CNC2)c(C)c1. The maximum atomic E-state index is 6.00. The first-order valence-corrected chi connectivity index (χ1v) is 8.27. The van der Waals surface area contributed by atoms with Gasteiger partial charge in [0, 0.05) is 42.8 Å². The molecule has 116 valence electrons. The number of nitrogens with one attached hydrogen (secondary N) is 1. The predicted octanol–water partition coefficient (Wildman–Crippen LogP) is 4.18. The molecule has 1 heterocycles. The first kappa shape index (κ1) is 15.4. The molecule has 2 nitrogen and oxygen atoms in total. The summed E-state index contributed by atoms with van der Waals surface area (Å²) in [6.45, 7) is 8.63. The lowest BCUT2D eigenvalue weighted by Gasteiger charge is -2.35. The molecular formula is C19H23ClN2. The molecule has 0 amide bonds. The molecule has 3 rings (SSSR count). The molecule has 1 fully saturated rings. The van der Waals surface area contributed by atoms with E-state index in [1.54, 1.807) is 0 Å². The number of halogens is 1. The van der Waals surface area contributed by atoms with Crippen LogP contribution in [0.3, 0.4) is 0 Å². The number of anilines is 1. The molecule has 1 aliphatic rings. The van der Waals surface area contributed by atoms with Gasteiger partial charge in [0.1, 0.15) is 0 Å². The minimum absolute atomic E-state index is 0.744. The van der Waals surface area contributed by atoms with Crippen molar-refractivity contribution in [2.75, 3.05) is 24.5 Å². The van der Waals surface area contributed by atoms with Gasteiger partial charge in [0.2, 0.25) is 0 Å². The van der Waals surface area contributed by atoms with Gasteiger partial charge in [0.25, 0.3) is 0 Å². The summed E-state index contributed by atoms with van der Waals surface area (Å²) in [6.07, 6.45) is 0. The zero-order chi connectivity index (χ0) is 15.5. The maximum Gasteiger partial charge on any atom is 0.0429 e. The molecule has 22 heavy (non-hydrogen) atoms. The standard InChI is InChI=1S/C19H23ClN2/c1-14-3-8-19(15(2)9-14)22(13-17-10-21-11-17)12-16-4-6-18(20)7-5-16/h3-9,17,21H,10-13H2,1-2H3. The van der Waals surface area contributed by atoms with Crippen molar-refractivity contribution in [3.8, 4) is 0 Å². The smallest absolute Gasteiger partial charge is 0.0429 e. The summed E-state index contributed by atoms with van der Waals surface area (Å²) in [4.78, 5) is 2.50. The van der Waals surface area contributed by atoms with Crippen molar-refractivity contribution in [1.29, 1.82) is 0 Å². The average molecular weight is 315 g/mol. The summed E-state index contributed by atoms with van der Waals surface area (Å²) in [5.74, 6) is 0.744.